The lowest BCUT2D eigenvalue weighted by Gasteiger charge is -2.29. The molecule has 6 aromatic rings. The van der Waals surface area contributed by atoms with Crippen molar-refractivity contribution >= 4 is 45.5 Å². The summed E-state index contributed by atoms with van der Waals surface area (Å²) < 4.78 is 0. The van der Waals surface area contributed by atoms with E-state index in [0.29, 0.717) is 0 Å². The molecule has 0 radical (unpaired) electrons. The summed E-state index contributed by atoms with van der Waals surface area (Å²) >= 11 is 0. The third-order valence-corrected chi connectivity index (χ3v) is 6.58. The van der Waals surface area contributed by atoms with E-state index in [1.54, 1.807) is 0 Å². The van der Waals surface area contributed by atoms with Crippen molar-refractivity contribution in [3.05, 3.63) is 170 Å². The Morgan fingerprint density at radius 1 is 0.282 bits per heavy atom. The lowest BCUT2D eigenvalue weighted by atomic mass is 10.1. The predicted octanol–water partition coefficient (Wildman–Crippen LogP) is 10.4. The molecule has 6 aromatic carbocycles. The first-order chi connectivity index (χ1) is 19.3. The van der Waals surface area contributed by atoms with Gasteiger partial charge in [0.05, 0.1) is 0 Å². The summed E-state index contributed by atoms with van der Waals surface area (Å²) in [6.07, 6.45) is 0. The van der Waals surface area contributed by atoms with E-state index in [2.05, 4.69) is 167 Å². The summed E-state index contributed by atoms with van der Waals surface area (Å²) in [5.41, 5.74) is 8.71. The number of nitrogens with one attached hydrogen (secondary N) is 1. The number of rotatable bonds is 8. The molecule has 0 saturated carbocycles. The van der Waals surface area contributed by atoms with Gasteiger partial charge >= 0.3 is 0 Å². The number of benzene rings is 6. The highest BCUT2D eigenvalue weighted by Gasteiger charge is 2.16. The van der Waals surface area contributed by atoms with Crippen molar-refractivity contribution in [3.8, 4) is 0 Å². The lowest BCUT2D eigenvalue weighted by molar-refractivity contribution is 1.25. The zero-order chi connectivity index (χ0) is 26.3. The van der Waals surface area contributed by atoms with Crippen LogP contribution in [0.2, 0.25) is 0 Å². The average molecular weight is 504 g/mol. The second kappa shape index (κ2) is 11.4. The van der Waals surface area contributed by atoms with Crippen molar-refractivity contribution in [2.24, 2.45) is 0 Å². The first kappa shape index (κ1) is 24.1. The molecule has 0 aromatic heterocycles. The molecule has 6 rings (SSSR count). The smallest absolute Gasteiger partial charge is 0.0482 e. The third-order valence-electron chi connectivity index (χ3n) is 6.58. The molecule has 1 N–H and O–H groups in total. The van der Waals surface area contributed by atoms with Crippen LogP contribution >= 0.6 is 0 Å². The number of hydrogen-bond acceptors (Lipinski definition) is 3. The van der Waals surface area contributed by atoms with Crippen molar-refractivity contribution in [2.75, 3.05) is 15.1 Å². The number of anilines is 8. The highest BCUT2D eigenvalue weighted by Crippen LogP contribution is 2.40. The first-order valence-electron chi connectivity index (χ1n) is 13.1. The molecule has 3 heteroatoms. The van der Waals surface area contributed by atoms with Gasteiger partial charge in [0.25, 0.3) is 0 Å². The van der Waals surface area contributed by atoms with E-state index in [4.69, 9.17) is 0 Å². The molecule has 0 atom stereocenters. The van der Waals surface area contributed by atoms with Gasteiger partial charge in [0.2, 0.25) is 0 Å². The SMILES string of the molecule is c1ccc(Nc2ccc(N(c3ccccc3)c3cccc(N(c4ccccc4)c4ccccc4)c3)cc2)cc1. The van der Waals surface area contributed by atoms with Crippen LogP contribution in [-0.2, 0) is 0 Å². The van der Waals surface area contributed by atoms with Crippen molar-refractivity contribution in [1.29, 1.82) is 0 Å². The molecule has 39 heavy (non-hydrogen) atoms. The standard InChI is InChI=1S/C36H29N3/c1-5-14-29(15-6-1)37-30-24-26-34(27-25-30)39(33-20-11-4-12-21-33)36-23-13-22-35(28-36)38(31-16-7-2-8-17-31)32-18-9-3-10-19-32/h1-28,37H. The quantitative estimate of drug-likeness (QED) is 0.223. The van der Waals surface area contributed by atoms with Crippen molar-refractivity contribution in [1.82, 2.24) is 0 Å². The van der Waals surface area contributed by atoms with E-state index < -0.39 is 0 Å². The summed E-state index contributed by atoms with van der Waals surface area (Å²) in [6, 6.07) is 59.1. The second-order valence-corrected chi connectivity index (χ2v) is 9.24. The molecule has 188 valence electrons. The molecule has 0 aliphatic carbocycles. The van der Waals surface area contributed by atoms with Crippen LogP contribution in [0.5, 0.6) is 0 Å². The summed E-state index contributed by atoms with van der Waals surface area (Å²) in [5.74, 6) is 0. The maximum absolute atomic E-state index is 3.48. The fourth-order valence-electron chi connectivity index (χ4n) is 4.78. The van der Waals surface area contributed by atoms with Crippen LogP contribution < -0.4 is 15.1 Å². The molecule has 0 fully saturated rings. The monoisotopic (exact) mass is 503 g/mol. The van der Waals surface area contributed by atoms with E-state index in [-0.39, 0.29) is 0 Å². The summed E-state index contributed by atoms with van der Waals surface area (Å²) in [5, 5.41) is 3.48. The highest BCUT2D eigenvalue weighted by molar-refractivity contribution is 5.83. The van der Waals surface area contributed by atoms with Crippen LogP contribution in [0.15, 0.2) is 170 Å². The molecule has 0 aliphatic heterocycles. The Bertz CT molecular complexity index is 1560. The average Bonchev–Trinajstić information content (AvgIpc) is 3.01. The first-order valence-corrected chi connectivity index (χ1v) is 13.1. The minimum absolute atomic E-state index is 1.05. The van der Waals surface area contributed by atoms with E-state index in [1.807, 2.05) is 18.2 Å². The Labute approximate surface area is 230 Å². The van der Waals surface area contributed by atoms with Crippen molar-refractivity contribution < 1.29 is 0 Å². The van der Waals surface area contributed by atoms with Gasteiger partial charge in [-0.2, -0.15) is 0 Å². The van der Waals surface area contributed by atoms with Crippen LogP contribution in [0.3, 0.4) is 0 Å². The fraction of sp³-hybridized carbons (Fsp3) is 0. The highest BCUT2D eigenvalue weighted by atomic mass is 15.2. The molecular weight excluding hydrogens is 474 g/mol. The summed E-state index contributed by atoms with van der Waals surface area (Å²) in [4.78, 5) is 4.59. The van der Waals surface area contributed by atoms with Crippen molar-refractivity contribution in [3.63, 3.8) is 0 Å². The van der Waals surface area contributed by atoms with Gasteiger partial charge in [0.1, 0.15) is 0 Å². The number of para-hydroxylation sites is 4. The third kappa shape index (κ3) is 5.53. The zero-order valence-corrected chi connectivity index (χ0v) is 21.6. The fourth-order valence-corrected chi connectivity index (χ4v) is 4.78. The largest absolute Gasteiger partial charge is 0.356 e. The molecular formula is C36H29N3. The molecule has 0 saturated heterocycles. The predicted molar refractivity (Wildman–Crippen MR) is 166 cm³/mol. The number of hydrogen-bond donors (Lipinski definition) is 1. The summed E-state index contributed by atoms with van der Waals surface area (Å²) in [6.45, 7) is 0. The van der Waals surface area contributed by atoms with Crippen LogP contribution in [-0.4, -0.2) is 0 Å². The zero-order valence-electron chi connectivity index (χ0n) is 21.6. The minimum Gasteiger partial charge on any atom is -0.356 e. The van der Waals surface area contributed by atoms with Gasteiger partial charge in [-0.05, 0) is 91.0 Å². The minimum atomic E-state index is 1.05. The van der Waals surface area contributed by atoms with Gasteiger partial charge < -0.3 is 15.1 Å². The summed E-state index contributed by atoms with van der Waals surface area (Å²) in [7, 11) is 0. The van der Waals surface area contributed by atoms with Gasteiger partial charge in [0.15, 0.2) is 0 Å². The molecule has 0 bridgehead atoms. The van der Waals surface area contributed by atoms with Gasteiger partial charge in [-0.3, -0.25) is 0 Å². The molecule has 0 unspecified atom stereocenters. The molecule has 0 aliphatic rings. The van der Waals surface area contributed by atoms with E-state index in [9.17, 15) is 0 Å². The van der Waals surface area contributed by atoms with Gasteiger partial charge in [0, 0.05) is 45.5 Å². The van der Waals surface area contributed by atoms with Crippen LogP contribution in [0.1, 0.15) is 0 Å². The Morgan fingerprint density at radius 2 is 0.615 bits per heavy atom. The van der Waals surface area contributed by atoms with E-state index in [1.165, 1.54) is 0 Å². The van der Waals surface area contributed by atoms with Gasteiger partial charge in [-0.25, -0.2) is 0 Å². The Hall–Kier alpha value is -5.28. The Morgan fingerprint density at radius 3 is 1.05 bits per heavy atom. The molecule has 0 amide bonds. The van der Waals surface area contributed by atoms with Gasteiger partial charge in [-0.15, -0.1) is 0 Å². The van der Waals surface area contributed by atoms with Crippen LogP contribution in [0, 0.1) is 0 Å². The Kier molecular flexibility index (Phi) is 7.04. The maximum atomic E-state index is 3.48. The number of nitrogens with zero attached hydrogens (tertiary/aromatic N) is 2. The molecule has 0 spiro atoms. The molecule has 0 heterocycles. The van der Waals surface area contributed by atoms with E-state index >= 15 is 0 Å². The van der Waals surface area contributed by atoms with Crippen LogP contribution in [0.25, 0.3) is 0 Å². The normalized spacial score (nSPS) is 10.6. The topological polar surface area (TPSA) is 18.5 Å². The Balaban J connectivity index is 1.40. The maximum Gasteiger partial charge on any atom is 0.0482 e. The molecule has 3 nitrogen and oxygen atoms in total. The van der Waals surface area contributed by atoms with Crippen molar-refractivity contribution in [2.45, 2.75) is 0 Å². The van der Waals surface area contributed by atoms with Gasteiger partial charge in [-0.1, -0.05) is 78.9 Å². The van der Waals surface area contributed by atoms with E-state index in [0.717, 1.165) is 45.5 Å². The lowest BCUT2D eigenvalue weighted by Crippen LogP contribution is -2.13. The second-order valence-electron chi connectivity index (χ2n) is 9.24. The van der Waals surface area contributed by atoms with Crippen LogP contribution in [0.4, 0.5) is 45.5 Å².